The quantitative estimate of drug-likeness (QED) is 0.348. The van der Waals surface area contributed by atoms with E-state index in [0.29, 0.717) is 32.4 Å². The Hall–Kier alpha value is -2.32. The molecule has 0 saturated heterocycles. The third-order valence-electron chi connectivity index (χ3n) is 4.65. The Morgan fingerprint density at radius 3 is 1.73 bits per heavy atom. The molecule has 0 aromatic carbocycles. The standard InChI is InChI=1S/C24H45N3O6/c1-17(18(2)28)13-9-11-15-25-20(29)19(27-22(31)33-24(6,7)8)14-10-12-16-26-21(30)32-23(3,4)5/h17,19H,9-16H2,1-8H3,(H,25,29)(H,26,30)(H,27,31). The maximum Gasteiger partial charge on any atom is 0.408 e. The molecule has 3 N–H and O–H groups in total. The normalized spacial score (nSPS) is 13.5. The summed E-state index contributed by atoms with van der Waals surface area (Å²) in [6, 6.07) is -0.738. The van der Waals surface area contributed by atoms with E-state index < -0.39 is 29.4 Å². The Kier molecular flexibility index (Phi) is 13.7. The van der Waals surface area contributed by atoms with Gasteiger partial charge in [-0.1, -0.05) is 13.3 Å². The van der Waals surface area contributed by atoms with Gasteiger partial charge in [-0.25, -0.2) is 9.59 Å². The largest absolute Gasteiger partial charge is 0.444 e. The van der Waals surface area contributed by atoms with Crippen molar-refractivity contribution in [3.63, 3.8) is 0 Å². The molecule has 0 aromatic heterocycles. The lowest BCUT2D eigenvalue weighted by Crippen LogP contribution is -2.48. The van der Waals surface area contributed by atoms with Gasteiger partial charge in [0.25, 0.3) is 0 Å². The van der Waals surface area contributed by atoms with Crippen LogP contribution in [-0.4, -0.2) is 54.2 Å². The number of amides is 3. The molecule has 9 nitrogen and oxygen atoms in total. The van der Waals surface area contributed by atoms with E-state index in [0.717, 1.165) is 19.3 Å². The number of alkyl carbamates (subject to hydrolysis) is 2. The van der Waals surface area contributed by atoms with Crippen LogP contribution < -0.4 is 16.0 Å². The second-order valence-corrected chi connectivity index (χ2v) is 10.4. The van der Waals surface area contributed by atoms with E-state index in [1.165, 1.54) is 0 Å². The summed E-state index contributed by atoms with van der Waals surface area (Å²) in [6.45, 7) is 15.0. The molecule has 33 heavy (non-hydrogen) atoms. The summed E-state index contributed by atoms with van der Waals surface area (Å²) < 4.78 is 10.5. The molecule has 192 valence electrons. The number of unbranched alkanes of at least 4 members (excludes halogenated alkanes) is 2. The van der Waals surface area contributed by atoms with Crippen LogP contribution in [0.2, 0.25) is 0 Å². The van der Waals surface area contributed by atoms with E-state index >= 15 is 0 Å². The minimum absolute atomic E-state index is 0.0246. The van der Waals surface area contributed by atoms with Crippen LogP contribution in [0.3, 0.4) is 0 Å². The number of rotatable bonds is 13. The number of Topliss-reactive ketones (excluding diaryl/α,β-unsaturated/α-hetero) is 1. The SMILES string of the molecule is CC(=O)C(C)CCCCNC(=O)C(CCCCNC(=O)OC(C)(C)C)NC(=O)OC(C)(C)C. The van der Waals surface area contributed by atoms with E-state index in [1.807, 2.05) is 6.92 Å². The molecule has 0 radical (unpaired) electrons. The van der Waals surface area contributed by atoms with Crippen LogP contribution >= 0.6 is 0 Å². The predicted molar refractivity (Wildman–Crippen MR) is 128 cm³/mol. The summed E-state index contributed by atoms with van der Waals surface area (Å²) in [4.78, 5) is 47.8. The molecule has 0 aliphatic heterocycles. The van der Waals surface area contributed by atoms with Crippen LogP contribution in [0.5, 0.6) is 0 Å². The molecular weight excluding hydrogens is 426 g/mol. The summed E-state index contributed by atoms with van der Waals surface area (Å²) in [7, 11) is 0. The molecule has 0 fully saturated rings. The van der Waals surface area contributed by atoms with E-state index in [9.17, 15) is 19.2 Å². The molecule has 0 heterocycles. The maximum atomic E-state index is 12.7. The number of hydrogen-bond donors (Lipinski definition) is 3. The summed E-state index contributed by atoms with van der Waals surface area (Å²) in [5.74, 6) is -0.0843. The highest BCUT2D eigenvalue weighted by atomic mass is 16.6. The van der Waals surface area contributed by atoms with Crippen molar-refractivity contribution in [2.75, 3.05) is 13.1 Å². The number of ketones is 1. The zero-order valence-corrected chi connectivity index (χ0v) is 21.8. The highest BCUT2D eigenvalue weighted by Crippen LogP contribution is 2.10. The maximum absolute atomic E-state index is 12.7. The molecule has 2 atom stereocenters. The molecule has 0 saturated carbocycles. The van der Waals surface area contributed by atoms with E-state index in [-0.39, 0.29) is 17.6 Å². The summed E-state index contributed by atoms with van der Waals surface area (Å²) in [5.41, 5.74) is -1.23. The molecular formula is C24H45N3O6. The fourth-order valence-electron chi connectivity index (χ4n) is 2.81. The third-order valence-corrected chi connectivity index (χ3v) is 4.65. The minimum atomic E-state index is -0.738. The fourth-order valence-corrected chi connectivity index (χ4v) is 2.81. The Bertz CT molecular complexity index is 637. The van der Waals surface area contributed by atoms with Crippen molar-refractivity contribution in [2.24, 2.45) is 5.92 Å². The first-order valence-electron chi connectivity index (χ1n) is 11.8. The molecule has 0 aliphatic rings. The Morgan fingerprint density at radius 1 is 0.727 bits per heavy atom. The summed E-state index contributed by atoms with van der Waals surface area (Å²) in [5, 5.41) is 8.18. The fraction of sp³-hybridized carbons (Fsp3) is 0.833. The highest BCUT2D eigenvalue weighted by Gasteiger charge is 2.24. The van der Waals surface area contributed by atoms with Crippen molar-refractivity contribution in [1.82, 2.24) is 16.0 Å². The van der Waals surface area contributed by atoms with Crippen molar-refractivity contribution in [3.8, 4) is 0 Å². The smallest absolute Gasteiger partial charge is 0.408 e. The molecule has 3 amide bonds. The van der Waals surface area contributed by atoms with Gasteiger partial charge in [0.1, 0.15) is 23.0 Å². The minimum Gasteiger partial charge on any atom is -0.444 e. The van der Waals surface area contributed by atoms with Gasteiger partial charge in [0, 0.05) is 19.0 Å². The van der Waals surface area contributed by atoms with Gasteiger partial charge in [-0.2, -0.15) is 0 Å². The highest BCUT2D eigenvalue weighted by molar-refractivity contribution is 5.85. The van der Waals surface area contributed by atoms with Gasteiger partial charge in [0.2, 0.25) is 5.91 Å². The van der Waals surface area contributed by atoms with E-state index in [2.05, 4.69) is 16.0 Å². The van der Waals surface area contributed by atoms with E-state index in [1.54, 1.807) is 48.5 Å². The average Bonchev–Trinajstić information content (AvgIpc) is 2.63. The first-order chi connectivity index (χ1) is 15.1. The van der Waals surface area contributed by atoms with Crippen molar-refractivity contribution < 1.29 is 28.7 Å². The van der Waals surface area contributed by atoms with Crippen LogP contribution in [0.4, 0.5) is 9.59 Å². The van der Waals surface area contributed by atoms with Crippen LogP contribution in [0, 0.1) is 5.92 Å². The molecule has 0 aliphatic carbocycles. The molecule has 0 aromatic rings. The predicted octanol–water partition coefficient (Wildman–Crippen LogP) is 4.09. The second kappa shape index (κ2) is 14.8. The van der Waals surface area contributed by atoms with Gasteiger partial charge < -0.3 is 25.4 Å². The van der Waals surface area contributed by atoms with Crippen LogP contribution in [0.15, 0.2) is 0 Å². The van der Waals surface area contributed by atoms with Gasteiger partial charge >= 0.3 is 12.2 Å². The molecule has 9 heteroatoms. The topological polar surface area (TPSA) is 123 Å². The zero-order chi connectivity index (χ0) is 25.7. The van der Waals surface area contributed by atoms with Gasteiger partial charge in [0.05, 0.1) is 0 Å². The van der Waals surface area contributed by atoms with Gasteiger partial charge in [-0.05, 0) is 80.6 Å². The second-order valence-electron chi connectivity index (χ2n) is 10.4. The van der Waals surface area contributed by atoms with Crippen LogP contribution in [-0.2, 0) is 19.1 Å². The molecule has 0 spiro atoms. The molecule has 2 unspecified atom stereocenters. The van der Waals surface area contributed by atoms with Crippen molar-refractivity contribution in [1.29, 1.82) is 0 Å². The third kappa shape index (κ3) is 17.9. The number of ether oxygens (including phenoxy) is 2. The van der Waals surface area contributed by atoms with E-state index in [4.69, 9.17) is 9.47 Å². The van der Waals surface area contributed by atoms with Crippen LogP contribution in [0.25, 0.3) is 0 Å². The van der Waals surface area contributed by atoms with Gasteiger partial charge in [-0.15, -0.1) is 0 Å². The lowest BCUT2D eigenvalue weighted by Gasteiger charge is -2.23. The Labute approximate surface area is 199 Å². The summed E-state index contributed by atoms with van der Waals surface area (Å²) >= 11 is 0. The van der Waals surface area contributed by atoms with Gasteiger partial charge in [-0.3, -0.25) is 9.59 Å². The number of nitrogens with one attached hydrogen (secondary N) is 3. The van der Waals surface area contributed by atoms with Crippen molar-refractivity contribution in [2.45, 2.75) is 111 Å². The number of carbonyl (C=O) groups excluding carboxylic acids is 4. The van der Waals surface area contributed by atoms with Crippen molar-refractivity contribution in [3.05, 3.63) is 0 Å². The lowest BCUT2D eigenvalue weighted by atomic mass is 10.0. The number of carbonyl (C=O) groups is 4. The van der Waals surface area contributed by atoms with Gasteiger partial charge in [0.15, 0.2) is 0 Å². The van der Waals surface area contributed by atoms with Crippen molar-refractivity contribution >= 4 is 23.9 Å². The Morgan fingerprint density at radius 2 is 1.21 bits per heavy atom. The number of hydrogen-bond acceptors (Lipinski definition) is 6. The van der Waals surface area contributed by atoms with Crippen LogP contribution in [0.1, 0.15) is 93.9 Å². The first-order valence-corrected chi connectivity index (χ1v) is 11.8. The zero-order valence-electron chi connectivity index (χ0n) is 21.8. The monoisotopic (exact) mass is 471 g/mol. The molecule has 0 bridgehead atoms. The molecule has 0 rings (SSSR count). The lowest BCUT2D eigenvalue weighted by molar-refractivity contribution is -0.123. The Balaban J connectivity index is 4.56. The summed E-state index contributed by atoms with van der Waals surface area (Å²) in [6.07, 6.45) is 2.89. The first kappa shape index (κ1) is 30.7. The average molecular weight is 472 g/mol.